The quantitative estimate of drug-likeness (QED) is 0.704. The number of benzene rings is 1. The van der Waals surface area contributed by atoms with Gasteiger partial charge < -0.3 is 5.11 Å². The zero-order valence-corrected chi connectivity index (χ0v) is 6.63. The SMILES string of the molecule is O=C(Br)c1ccccc1O. The second-order valence-corrected chi connectivity index (χ2v) is 2.51. The number of phenols is 1. The van der Waals surface area contributed by atoms with Crippen LogP contribution in [0.5, 0.6) is 5.75 Å². The highest BCUT2D eigenvalue weighted by Gasteiger charge is 2.04. The van der Waals surface area contributed by atoms with Gasteiger partial charge in [-0.05, 0) is 28.1 Å². The summed E-state index contributed by atoms with van der Waals surface area (Å²) in [5, 5.41) is 9.03. The van der Waals surface area contributed by atoms with Crippen LogP contribution in [0.4, 0.5) is 0 Å². The van der Waals surface area contributed by atoms with E-state index in [1.165, 1.54) is 6.07 Å². The fourth-order valence-electron chi connectivity index (χ4n) is 0.640. The van der Waals surface area contributed by atoms with E-state index in [1.807, 2.05) is 0 Å². The van der Waals surface area contributed by atoms with Gasteiger partial charge in [-0.25, -0.2) is 0 Å². The minimum Gasteiger partial charge on any atom is -0.507 e. The summed E-state index contributed by atoms with van der Waals surface area (Å²) < 4.78 is -0.300. The largest absolute Gasteiger partial charge is 0.507 e. The summed E-state index contributed by atoms with van der Waals surface area (Å²) >= 11 is 2.73. The van der Waals surface area contributed by atoms with Crippen LogP contribution < -0.4 is 0 Å². The molecule has 0 saturated heterocycles. The van der Waals surface area contributed by atoms with Crippen LogP contribution >= 0.6 is 15.9 Å². The van der Waals surface area contributed by atoms with Crippen molar-refractivity contribution in [2.24, 2.45) is 0 Å². The Morgan fingerprint density at radius 1 is 1.40 bits per heavy atom. The third kappa shape index (κ3) is 1.36. The van der Waals surface area contributed by atoms with E-state index < -0.39 is 0 Å². The second kappa shape index (κ2) is 2.84. The molecule has 0 spiro atoms. The lowest BCUT2D eigenvalue weighted by atomic mass is 10.2. The molecule has 0 atom stereocenters. The Bertz CT molecular complexity index is 258. The van der Waals surface area contributed by atoms with E-state index in [2.05, 4.69) is 15.9 Å². The van der Waals surface area contributed by atoms with E-state index in [1.54, 1.807) is 18.2 Å². The highest BCUT2D eigenvalue weighted by Crippen LogP contribution is 2.17. The molecule has 0 fully saturated rings. The maximum Gasteiger partial charge on any atom is 0.231 e. The summed E-state index contributed by atoms with van der Waals surface area (Å²) in [4.78, 5) is 10.6. The lowest BCUT2D eigenvalue weighted by molar-refractivity contribution is 0.109. The van der Waals surface area contributed by atoms with E-state index in [9.17, 15) is 4.79 Å². The summed E-state index contributed by atoms with van der Waals surface area (Å²) in [7, 11) is 0. The first kappa shape index (κ1) is 7.28. The lowest BCUT2D eigenvalue weighted by Gasteiger charge is -1.95. The van der Waals surface area contributed by atoms with Gasteiger partial charge in [0.1, 0.15) is 5.75 Å². The summed E-state index contributed by atoms with van der Waals surface area (Å²) in [5.41, 5.74) is 0.294. The number of phenolic OH excluding ortho intramolecular Hbond substituents is 1. The number of aromatic hydroxyl groups is 1. The van der Waals surface area contributed by atoms with Crippen molar-refractivity contribution in [2.45, 2.75) is 0 Å². The zero-order chi connectivity index (χ0) is 7.56. The Morgan fingerprint density at radius 2 is 2.00 bits per heavy atom. The van der Waals surface area contributed by atoms with Crippen molar-refractivity contribution in [3.63, 3.8) is 0 Å². The predicted molar refractivity (Wildman–Crippen MR) is 41.4 cm³/mol. The molecule has 0 heterocycles. The molecule has 0 amide bonds. The Balaban J connectivity index is 3.15. The first-order valence-electron chi connectivity index (χ1n) is 2.69. The molecular weight excluding hydrogens is 196 g/mol. The van der Waals surface area contributed by atoms with Crippen molar-refractivity contribution < 1.29 is 9.90 Å². The van der Waals surface area contributed by atoms with Crippen LogP contribution in [0.1, 0.15) is 10.4 Å². The molecule has 2 nitrogen and oxygen atoms in total. The Hall–Kier alpha value is -0.830. The van der Waals surface area contributed by atoms with Crippen LogP contribution in [-0.4, -0.2) is 9.80 Å². The molecule has 0 unspecified atom stereocenters. The fraction of sp³-hybridized carbons (Fsp3) is 0. The molecule has 1 aromatic rings. The van der Waals surface area contributed by atoms with E-state index >= 15 is 0 Å². The molecule has 1 N–H and O–H groups in total. The van der Waals surface area contributed by atoms with Gasteiger partial charge in [0.2, 0.25) is 4.69 Å². The molecule has 0 bridgehead atoms. The Morgan fingerprint density at radius 3 is 2.40 bits per heavy atom. The van der Waals surface area contributed by atoms with Gasteiger partial charge in [-0.2, -0.15) is 0 Å². The van der Waals surface area contributed by atoms with Gasteiger partial charge in [-0.1, -0.05) is 12.1 Å². The van der Waals surface area contributed by atoms with Crippen molar-refractivity contribution in [3.8, 4) is 5.75 Å². The van der Waals surface area contributed by atoms with Gasteiger partial charge in [0, 0.05) is 0 Å². The molecule has 0 saturated carbocycles. The molecule has 0 aliphatic rings. The van der Waals surface area contributed by atoms with Crippen LogP contribution in [0.2, 0.25) is 0 Å². The van der Waals surface area contributed by atoms with E-state index in [-0.39, 0.29) is 10.4 Å². The van der Waals surface area contributed by atoms with Crippen LogP contribution in [0.15, 0.2) is 24.3 Å². The summed E-state index contributed by atoms with van der Waals surface area (Å²) in [6.45, 7) is 0. The molecular formula is C7H5BrO2. The first-order valence-corrected chi connectivity index (χ1v) is 3.49. The number of carbonyl (C=O) groups excluding carboxylic acids is 1. The highest BCUT2D eigenvalue weighted by molar-refractivity contribution is 9.18. The van der Waals surface area contributed by atoms with Crippen molar-refractivity contribution >= 4 is 20.6 Å². The Kier molecular flexibility index (Phi) is 2.06. The number of carbonyl (C=O) groups is 1. The molecule has 52 valence electrons. The number of para-hydroxylation sites is 1. The molecule has 0 aliphatic carbocycles. The van der Waals surface area contributed by atoms with Gasteiger partial charge in [-0.3, -0.25) is 4.79 Å². The number of rotatable bonds is 1. The number of hydrogen-bond acceptors (Lipinski definition) is 2. The van der Waals surface area contributed by atoms with Gasteiger partial charge in [-0.15, -0.1) is 0 Å². The van der Waals surface area contributed by atoms with Crippen molar-refractivity contribution in [1.82, 2.24) is 0 Å². The minimum atomic E-state index is -0.300. The molecule has 10 heavy (non-hydrogen) atoms. The van der Waals surface area contributed by atoms with Gasteiger partial charge in [0.25, 0.3) is 0 Å². The maximum absolute atomic E-state index is 10.6. The Labute approximate surface area is 66.6 Å². The van der Waals surface area contributed by atoms with Gasteiger partial charge in [0.15, 0.2) is 0 Å². The smallest absolute Gasteiger partial charge is 0.231 e. The second-order valence-electron chi connectivity index (χ2n) is 1.79. The van der Waals surface area contributed by atoms with Crippen LogP contribution in [-0.2, 0) is 0 Å². The number of halogens is 1. The van der Waals surface area contributed by atoms with E-state index in [0.29, 0.717) is 5.56 Å². The molecule has 1 aromatic carbocycles. The normalized spacial score (nSPS) is 9.30. The minimum absolute atomic E-state index is 0.00405. The van der Waals surface area contributed by atoms with Crippen LogP contribution in [0.3, 0.4) is 0 Å². The summed E-state index contributed by atoms with van der Waals surface area (Å²) in [5.74, 6) is 0.00405. The third-order valence-electron chi connectivity index (χ3n) is 1.12. The van der Waals surface area contributed by atoms with Crippen molar-refractivity contribution in [2.75, 3.05) is 0 Å². The zero-order valence-electron chi connectivity index (χ0n) is 5.04. The van der Waals surface area contributed by atoms with Crippen LogP contribution in [0.25, 0.3) is 0 Å². The fourth-order valence-corrected chi connectivity index (χ4v) is 0.975. The standard InChI is InChI=1S/C7H5BrO2/c8-7(10)5-3-1-2-4-6(5)9/h1-4,9H. The number of hydrogen-bond donors (Lipinski definition) is 1. The molecule has 0 aromatic heterocycles. The van der Waals surface area contributed by atoms with Gasteiger partial charge >= 0.3 is 0 Å². The average Bonchev–Trinajstić information content (AvgIpc) is 1.88. The lowest BCUT2D eigenvalue weighted by Crippen LogP contribution is -1.86. The van der Waals surface area contributed by atoms with E-state index in [0.717, 1.165) is 0 Å². The van der Waals surface area contributed by atoms with Gasteiger partial charge in [0.05, 0.1) is 5.56 Å². The molecule has 0 aliphatic heterocycles. The molecule has 0 radical (unpaired) electrons. The van der Waals surface area contributed by atoms with Crippen LogP contribution in [0, 0.1) is 0 Å². The maximum atomic E-state index is 10.6. The molecule has 1 rings (SSSR count). The first-order chi connectivity index (χ1) is 4.72. The highest BCUT2D eigenvalue weighted by atomic mass is 79.9. The average molecular weight is 201 g/mol. The molecule has 3 heteroatoms. The van der Waals surface area contributed by atoms with E-state index in [4.69, 9.17) is 5.11 Å². The topological polar surface area (TPSA) is 37.3 Å². The van der Waals surface area contributed by atoms with Crippen molar-refractivity contribution in [3.05, 3.63) is 29.8 Å². The third-order valence-corrected chi connectivity index (χ3v) is 1.54. The van der Waals surface area contributed by atoms with Crippen molar-refractivity contribution in [1.29, 1.82) is 0 Å². The predicted octanol–water partition coefficient (Wildman–Crippen LogP) is 1.93. The summed E-state index contributed by atoms with van der Waals surface area (Å²) in [6, 6.07) is 6.36. The summed E-state index contributed by atoms with van der Waals surface area (Å²) in [6.07, 6.45) is 0. The monoisotopic (exact) mass is 200 g/mol.